The van der Waals surface area contributed by atoms with Crippen LogP contribution in [0.2, 0.25) is 0 Å². The van der Waals surface area contributed by atoms with Crippen molar-refractivity contribution in [3.05, 3.63) is 69.8 Å². The minimum Gasteiger partial charge on any atom is -1.00 e. The van der Waals surface area contributed by atoms with Crippen LogP contribution in [0.1, 0.15) is 37.8 Å². The van der Waals surface area contributed by atoms with Gasteiger partial charge < -0.3 is 24.8 Å². The first kappa shape index (κ1) is 20.6. The summed E-state index contributed by atoms with van der Waals surface area (Å²) in [6, 6.07) is 8.74. The Morgan fingerprint density at radius 3 is 2.39 bits per heavy atom. The first-order chi connectivity index (χ1) is 10.1. The number of rotatable bonds is 3. The van der Waals surface area contributed by atoms with Gasteiger partial charge in [0.05, 0.1) is 0 Å². The summed E-state index contributed by atoms with van der Waals surface area (Å²) in [7, 11) is 0. The third-order valence-electron chi connectivity index (χ3n) is 4.18. The van der Waals surface area contributed by atoms with Crippen molar-refractivity contribution < 1.29 is 54.6 Å². The van der Waals surface area contributed by atoms with Gasteiger partial charge in [0.2, 0.25) is 0 Å². The maximum Gasteiger partial charge on any atom is -1.00 e. The van der Waals surface area contributed by atoms with Gasteiger partial charge in [0, 0.05) is 0 Å². The Morgan fingerprint density at radius 2 is 1.78 bits per heavy atom. The Kier molecular flexibility index (Phi) is 7.74. The Labute approximate surface area is 165 Å². The SMILES string of the molecule is CC(C)=C1C(C2=C(CCO)C=CC2)=[C]([Zr+2])c2ccccc21.[Cl-].[Cl-]. The second-order valence-electron chi connectivity index (χ2n) is 5.75. The number of allylic oxidation sites excluding steroid dienone is 6. The van der Waals surface area contributed by atoms with Crippen molar-refractivity contribution in [2.45, 2.75) is 26.7 Å². The Hall–Kier alpha value is -0.397. The molecular formula is C19H19Cl2OZr. The zero-order valence-electron chi connectivity index (χ0n) is 13.3. The summed E-state index contributed by atoms with van der Waals surface area (Å²) in [6.45, 7) is 4.63. The summed E-state index contributed by atoms with van der Waals surface area (Å²) in [5, 5.41) is 9.31. The maximum absolute atomic E-state index is 9.31. The second kappa shape index (κ2) is 8.63. The Balaban J connectivity index is 0.00000132. The van der Waals surface area contributed by atoms with E-state index in [1.807, 2.05) is 0 Å². The summed E-state index contributed by atoms with van der Waals surface area (Å²) in [6.07, 6.45) is 6.16. The Bertz CT molecular complexity index is 723. The zero-order chi connectivity index (χ0) is 15.0. The van der Waals surface area contributed by atoms with Gasteiger partial charge in [-0.3, -0.25) is 0 Å². The van der Waals surface area contributed by atoms with E-state index in [9.17, 15) is 5.11 Å². The molecule has 0 radical (unpaired) electrons. The number of hydrogen-bond acceptors (Lipinski definition) is 1. The molecule has 2 aliphatic carbocycles. The van der Waals surface area contributed by atoms with E-state index < -0.39 is 0 Å². The minimum atomic E-state index is 0. The fourth-order valence-corrected chi connectivity index (χ4v) is 4.52. The molecule has 1 aromatic rings. The molecule has 0 unspecified atom stereocenters. The van der Waals surface area contributed by atoms with Crippen molar-refractivity contribution in [1.82, 2.24) is 0 Å². The zero-order valence-corrected chi connectivity index (χ0v) is 17.3. The van der Waals surface area contributed by atoms with Gasteiger partial charge in [0.15, 0.2) is 0 Å². The van der Waals surface area contributed by atoms with Gasteiger partial charge in [-0.15, -0.1) is 0 Å². The molecule has 1 N–H and O–H groups in total. The molecular weight excluding hydrogens is 406 g/mol. The van der Waals surface area contributed by atoms with Gasteiger partial charge in [0.25, 0.3) is 0 Å². The van der Waals surface area contributed by atoms with Gasteiger partial charge in [-0.2, -0.15) is 0 Å². The standard InChI is InChI=1S/C19H19O.2ClH.Zr/c1-13(2)19-17-8-4-3-6-15(17)12-18(19)16-9-5-7-14(16)10-11-20;;;/h3-8,20H,9-11H2,1-2H3;2*1H;/q;;;+2/p-2. The molecule has 0 spiro atoms. The van der Waals surface area contributed by atoms with Gasteiger partial charge in [-0.05, 0) is 0 Å². The van der Waals surface area contributed by atoms with Gasteiger partial charge >= 0.3 is 142 Å². The first-order valence-electron chi connectivity index (χ1n) is 7.38. The summed E-state index contributed by atoms with van der Waals surface area (Å²) >= 11 is 1.46. The molecule has 1 aromatic carbocycles. The molecule has 23 heavy (non-hydrogen) atoms. The second-order valence-corrected chi connectivity index (χ2v) is 6.98. The molecule has 0 saturated carbocycles. The molecule has 2 aliphatic rings. The van der Waals surface area contributed by atoms with Crippen molar-refractivity contribution in [3.63, 3.8) is 0 Å². The topological polar surface area (TPSA) is 20.2 Å². The van der Waals surface area contributed by atoms with E-state index >= 15 is 0 Å². The maximum atomic E-state index is 9.31. The minimum absolute atomic E-state index is 0. The van der Waals surface area contributed by atoms with Crippen LogP contribution in [0.25, 0.3) is 8.85 Å². The molecule has 0 amide bonds. The van der Waals surface area contributed by atoms with E-state index in [1.165, 1.54) is 67.0 Å². The van der Waals surface area contributed by atoms with Crippen LogP contribution in [-0.2, 0) is 24.7 Å². The van der Waals surface area contributed by atoms with E-state index in [2.05, 4.69) is 50.3 Å². The van der Waals surface area contributed by atoms with Crippen molar-refractivity contribution >= 4 is 8.85 Å². The van der Waals surface area contributed by atoms with Crippen LogP contribution in [0.5, 0.6) is 0 Å². The predicted octanol–water partition coefficient (Wildman–Crippen LogP) is -1.60. The van der Waals surface area contributed by atoms with Crippen LogP contribution in [-0.4, -0.2) is 11.7 Å². The molecule has 0 atom stereocenters. The number of aliphatic hydroxyl groups excluding tert-OH is 1. The van der Waals surface area contributed by atoms with Crippen molar-refractivity contribution in [2.75, 3.05) is 6.61 Å². The monoisotopic (exact) mass is 423 g/mol. The molecule has 0 aliphatic heterocycles. The summed E-state index contributed by atoms with van der Waals surface area (Å²) < 4.78 is 1.46. The van der Waals surface area contributed by atoms with Crippen LogP contribution < -0.4 is 24.8 Å². The smallest absolute Gasteiger partial charge is 1.00 e. The molecule has 0 aromatic heterocycles. The quantitative estimate of drug-likeness (QED) is 0.619. The fourth-order valence-electron chi connectivity index (χ4n) is 3.30. The normalized spacial score (nSPS) is 15.6. The molecule has 3 rings (SSSR count). The summed E-state index contributed by atoms with van der Waals surface area (Å²) in [5.74, 6) is 0. The van der Waals surface area contributed by atoms with Crippen molar-refractivity contribution in [3.8, 4) is 0 Å². The number of halogens is 2. The van der Waals surface area contributed by atoms with Crippen molar-refractivity contribution in [2.24, 2.45) is 0 Å². The van der Waals surface area contributed by atoms with E-state index in [0.717, 1.165) is 12.8 Å². The third-order valence-corrected chi connectivity index (χ3v) is 5.45. The number of aliphatic hydroxyl groups is 1. The van der Waals surface area contributed by atoms with Crippen LogP contribution in [0.4, 0.5) is 0 Å². The number of benzene rings is 1. The molecule has 0 saturated heterocycles. The first-order valence-corrected chi connectivity index (χ1v) is 8.61. The average molecular weight is 425 g/mol. The summed E-state index contributed by atoms with van der Waals surface area (Å²) in [4.78, 5) is 0. The fraction of sp³-hybridized carbons (Fsp3) is 0.263. The van der Waals surface area contributed by atoms with E-state index in [0.29, 0.717) is 0 Å². The van der Waals surface area contributed by atoms with Crippen LogP contribution >= 0.6 is 0 Å². The molecule has 119 valence electrons. The number of hydrogen-bond donors (Lipinski definition) is 1. The molecule has 0 heterocycles. The molecule has 1 nitrogen and oxygen atoms in total. The van der Waals surface area contributed by atoms with Gasteiger partial charge in [0.1, 0.15) is 0 Å². The average Bonchev–Trinajstić information content (AvgIpc) is 3.02. The van der Waals surface area contributed by atoms with E-state index in [1.54, 1.807) is 0 Å². The van der Waals surface area contributed by atoms with Gasteiger partial charge in [-0.1, -0.05) is 0 Å². The van der Waals surface area contributed by atoms with Crippen LogP contribution in [0.15, 0.2) is 58.7 Å². The molecule has 0 fully saturated rings. The van der Waals surface area contributed by atoms with Crippen molar-refractivity contribution in [1.29, 1.82) is 0 Å². The third kappa shape index (κ3) is 3.66. The summed E-state index contributed by atoms with van der Waals surface area (Å²) in [5.41, 5.74) is 9.71. The van der Waals surface area contributed by atoms with Gasteiger partial charge in [-0.25, -0.2) is 0 Å². The van der Waals surface area contributed by atoms with Crippen LogP contribution in [0.3, 0.4) is 0 Å². The largest absolute Gasteiger partial charge is 1.00 e. The van der Waals surface area contributed by atoms with E-state index in [-0.39, 0.29) is 31.4 Å². The molecule has 0 bridgehead atoms. The Morgan fingerprint density at radius 1 is 1.13 bits per heavy atom. The predicted molar refractivity (Wildman–Crippen MR) is 84.1 cm³/mol. The molecule has 4 heteroatoms. The number of fused-ring (bicyclic) bond motifs is 1. The van der Waals surface area contributed by atoms with E-state index in [4.69, 9.17) is 0 Å². The van der Waals surface area contributed by atoms with Crippen LogP contribution in [0, 0.1) is 0 Å².